The number of benzene rings is 1. The molecule has 1 aliphatic rings. The van der Waals surface area contributed by atoms with E-state index in [0.717, 1.165) is 35.7 Å². The SMILES string of the molecule is [C-]#[N+]c1c(C(F)(F)F)cc(-c2ccc(Cl)cc2)n(NC2=CCCCC2)c1=O. The first kappa shape index (κ1) is 19.1. The Kier molecular flexibility index (Phi) is 5.29. The lowest BCUT2D eigenvalue weighted by Gasteiger charge is -2.22. The summed E-state index contributed by atoms with van der Waals surface area (Å²) in [6.07, 6.45) is 0.537. The monoisotopic (exact) mass is 393 g/mol. The predicted octanol–water partition coefficient (Wildman–Crippen LogP) is 5.74. The van der Waals surface area contributed by atoms with Crippen LogP contribution in [0.25, 0.3) is 16.1 Å². The molecule has 0 radical (unpaired) electrons. The number of hydrogen-bond donors (Lipinski definition) is 1. The zero-order chi connectivity index (χ0) is 19.6. The van der Waals surface area contributed by atoms with E-state index in [-0.39, 0.29) is 5.69 Å². The molecule has 0 aliphatic heterocycles. The number of rotatable bonds is 3. The third-order valence-electron chi connectivity index (χ3n) is 4.29. The second kappa shape index (κ2) is 7.49. The number of alkyl halides is 3. The van der Waals surface area contributed by atoms with Gasteiger partial charge in [0, 0.05) is 16.3 Å². The molecule has 0 saturated heterocycles. The largest absolute Gasteiger partial charge is 0.407 e. The first-order valence-electron chi connectivity index (χ1n) is 8.28. The molecule has 4 nitrogen and oxygen atoms in total. The van der Waals surface area contributed by atoms with E-state index in [2.05, 4.69) is 10.3 Å². The van der Waals surface area contributed by atoms with Crippen LogP contribution in [-0.2, 0) is 6.18 Å². The van der Waals surface area contributed by atoms with Crippen molar-refractivity contribution < 1.29 is 13.2 Å². The summed E-state index contributed by atoms with van der Waals surface area (Å²) >= 11 is 5.86. The quantitative estimate of drug-likeness (QED) is 0.675. The van der Waals surface area contributed by atoms with E-state index in [1.165, 1.54) is 24.3 Å². The van der Waals surface area contributed by atoms with E-state index in [1.807, 2.05) is 6.08 Å². The van der Waals surface area contributed by atoms with E-state index in [0.29, 0.717) is 17.0 Å². The molecule has 140 valence electrons. The molecule has 2 aromatic rings. The van der Waals surface area contributed by atoms with Crippen molar-refractivity contribution in [2.75, 3.05) is 5.43 Å². The Morgan fingerprint density at radius 3 is 2.44 bits per heavy atom. The Morgan fingerprint density at radius 2 is 1.89 bits per heavy atom. The molecule has 0 fully saturated rings. The van der Waals surface area contributed by atoms with E-state index in [1.54, 1.807) is 0 Å². The van der Waals surface area contributed by atoms with Crippen molar-refractivity contribution >= 4 is 17.3 Å². The average molecular weight is 394 g/mol. The predicted molar refractivity (Wildman–Crippen MR) is 98.3 cm³/mol. The number of hydrogen-bond acceptors (Lipinski definition) is 2. The van der Waals surface area contributed by atoms with Gasteiger partial charge in [-0.05, 0) is 43.9 Å². The molecule has 0 amide bonds. The topological polar surface area (TPSA) is 38.4 Å². The third-order valence-corrected chi connectivity index (χ3v) is 4.54. The first-order chi connectivity index (χ1) is 12.8. The van der Waals surface area contributed by atoms with Gasteiger partial charge in [0.05, 0.1) is 17.8 Å². The number of nitrogens with one attached hydrogen (secondary N) is 1. The van der Waals surface area contributed by atoms with Crippen LogP contribution in [0.1, 0.15) is 31.2 Å². The van der Waals surface area contributed by atoms with Crippen molar-refractivity contribution in [3.05, 3.63) is 74.5 Å². The standard InChI is InChI=1S/C19H15ClF3N3O/c1-24-17-15(19(21,22)23)11-16(12-7-9-13(20)10-8-12)26(18(17)27)25-14-5-3-2-4-6-14/h5,7-11,25H,2-4,6H2. The number of nitrogens with zero attached hydrogens (tertiary/aromatic N) is 2. The van der Waals surface area contributed by atoms with Gasteiger partial charge in [0.1, 0.15) is 0 Å². The van der Waals surface area contributed by atoms with Gasteiger partial charge in [-0.1, -0.05) is 29.8 Å². The van der Waals surface area contributed by atoms with Gasteiger partial charge in [-0.3, -0.25) is 10.2 Å². The molecule has 1 aliphatic carbocycles. The maximum Gasteiger partial charge on any atom is 0.407 e. The zero-order valence-corrected chi connectivity index (χ0v) is 14.9. The molecule has 1 aromatic heterocycles. The van der Waals surface area contributed by atoms with Gasteiger partial charge in [-0.15, -0.1) is 0 Å². The molecule has 0 saturated carbocycles. The fourth-order valence-corrected chi connectivity index (χ4v) is 3.08. The summed E-state index contributed by atoms with van der Waals surface area (Å²) in [5.74, 6) is 0. The summed E-state index contributed by atoms with van der Waals surface area (Å²) in [5.41, 5.74) is 0.811. The van der Waals surface area contributed by atoms with Gasteiger partial charge in [-0.2, -0.15) is 13.2 Å². The molecular weight excluding hydrogens is 379 g/mol. The van der Waals surface area contributed by atoms with Crippen LogP contribution in [0, 0.1) is 6.57 Å². The zero-order valence-electron chi connectivity index (χ0n) is 14.1. The van der Waals surface area contributed by atoms with Gasteiger partial charge in [0.25, 0.3) is 11.2 Å². The van der Waals surface area contributed by atoms with Crippen molar-refractivity contribution in [3.8, 4) is 11.3 Å². The van der Waals surface area contributed by atoms with Crippen molar-refractivity contribution in [3.63, 3.8) is 0 Å². The van der Waals surface area contributed by atoms with Gasteiger partial charge >= 0.3 is 6.18 Å². The Bertz CT molecular complexity index is 985. The minimum atomic E-state index is -4.82. The van der Waals surface area contributed by atoms with E-state index in [9.17, 15) is 18.0 Å². The molecule has 0 unspecified atom stereocenters. The van der Waals surface area contributed by atoms with E-state index < -0.39 is 23.0 Å². The fraction of sp³-hybridized carbons (Fsp3) is 0.263. The minimum Gasteiger partial charge on any atom is -0.297 e. The lowest BCUT2D eigenvalue weighted by Crippen LogP contribution is -2.32. The second-order valence-corrected chi connectivity index (χ2v) is 6.57. The average Bonchev–Trinajstić information content (AvgIpc) is 2.64. The molecule has 1 N–H and O–H groups in total. The van der Waals surface area contributed by atoms with Crippen LogP contribution < -0.4 is 11.0 Å². The lowest BCUT2D eigenvalue weighted by molar-refractivity contribution is -0.136. The number of halogens is 4. The Hall–Kier alpha value is -2.72. The summed E-state index contributed by atoms with van der Waals surface area (Å²) in [4.78, 5) is 15.6. The molecule has 0 atom stereocenters. The van der Waals surface area contributed by atoms with Crippen molar-refractivity contribution in [2.45, 2.75) is 31.9 Å². The van der Waals surface area contributed by atoms with E-state index >= 15 is 0 Å². The summed E-state index contributed by atoms with van der Waals surface area (Å²) in [6, 6.07) is 6.95. The van der Waals surface area contributed by atoms with Gasteiger partial charge in [-0.25, -0.2) is 9.52 Å². The molecular formula is C19H15ClF3N3O. The summed E-state index contributed by atoms with van der Waals surface area (Å²) in [6.45, 7) is 7.08. The Balaban J connectivity index is 2.25. The first-order valence-corrected chi connectivity index (χ1v) is 8.66. The van der Waals surface area contributed by atoms with Gasteiger partial charge in [0.2, 0.25) is 0 Å². The highest BCUT2D eigenvalue weighted by atomic mass is 35.5. The highest BCUT2D eigenvalue weighted by Crippen LogP contribution is 2.37. The summed E-state index contributed by atoms with van der Waals surface area (Å²) in [5, 5.41) is 0.421. The number of allylic oxidation sites excluding steroid dienone is 2. The second-order valence-electron chi connectivity index (χ2n) is 6.14. The van der Waals surface area contributed by atoms with E-state index in [4.69, 9.17) is 18.2 Å². The fourth-order valence-electron chi connectivity index (χ4n) is 2.95. The van der Waals surface area contributed by atoms with Crippen LogP contribution >= 0.6 is 11.6 Å². The molecule has 1 aromatic carbocycles. The molecule has 3 rings (SSSR count). The maximum absolute atomic E-state index is 13.4. The van der Waals surface area contributed by atoms with Gasteiger partial charge in [0.15, 0.2) is 0 Å². The number of pyridine rings is 1. The smallest absolute Gasteiger partial charge is 0.297 e. The Morgan fingerprint density at radius 1 is 1.19 bits per heavy atom. The minimum absolute atomic E-state index is 0.0165. The maximum atomic E-state index is 13.4. The van der Waals surface area contributed by atoms with Crippen molar-refractivity contribution in [2.24, 2.45) is 0 Å². The molecule has 1 heterocycles. The van der Waals surface area contributed by atoms with Crippen LogP contribution in [0.4, 0.5) is 18.9 Å². The van der Waals surface area contributed by atoms with Crippen LogP contribution in [0.5, 0.6) is 0 Å². The van der Waals surface area contributed by atoms with Crippen LogP contribution in [0.3, 0.4) is 0 Å². The van der Waals surface area contributed by atoms with Crippen LogP contribution in [0.2, 0.25) is 5.02 Å². The molecule has 0 spiro atoms. The lowest BCUT2D eigenvalue weighted by atomic mass is 10.1. The highest BCUT2D eigenvalue weighted by Gasteiger charge is 2.36. The summed E-state index contributed by atoms with van der Waals surface area (Å²) in [7, 11) is 0. The molecule has 0 bridgehead atoms. The Labute approximate surface area is 158 Å². The van der Waals surface area contributed by atoms with Crippen LogP contribution in [0.15, 0.2) is 46.9 Å². The van der Waals surface area contributed by atoms with Gasteiger partial charge < -0.3 is 0 Å². The summed E-state index contributed by atoms with van der Waals surface area (Å²) < 4.78 is 41.3. The van der Waals surface area contributed by atoms with Crippen LogP contribution in [-0.4, -0.2) is 4.68 Å². The number of aromatic nitrogens is 1. The van der Waals surface area contributed by atoms with Crippen molar-refractivity contribution in [1.29, 1.82) is 0 Å². The molecule has 8 heteroatoms. The normalized spacial score (nSPS) is 14.4. The third kappa shape index (κ3) is 4.01. The molecule has 27 heavy (non-hydrogen) atoms. The highest BCUT2D eigenvalue weighted by molar-refractivity contribution is 6.30. The van der Waals surface area contributed by atoms with Crippen molar-refractivity contribution in [1.82, 2.24) is 4.68 Å².